The fourth-order valence-corrected chi connectivity index (χ4v) is 1.68. The molecule has 1 heterocycles. The van der Waals surface area contributed by atoms with Crippen molar-refractivity contribution in [2.75, 3.05) is 26.3 Å². The summed E-state index contributed by atoms with van der Waals surface area (Å²) < 4.78 is 28.2. The van der Waals surface area contributed by atoms with Gasteiger partial charge in [-0.15, -0.1) is 0 Å². The van der Waals surface area contributed by atoms with E-state index in [-0.39, 0.29) is 32.0 Å². The Bertz CT molecular complexity index is 285. The van der Waals surface area contributed by atoms with Gasteiger partial charge in [0, 0.05) is 19.5 Å². The number of halogens is 2. The average Bonchev–Trinajstić information content (AvgIpc) is 2.25. The van der Waals surface area contributed by atoms with Gasteiger partial charge in [-0.25, -0.2) is 8.78 Å². The molecule has 1 unspecified atom stereocenters. The first-order valence-corrected chi connectivity index (χ1v) is 5.37. The van der Waals surface area contributed by atoms with Crippen LogP contribution in [-0.2, 0) is 14.3 Å². The van der Waals surface area contributed by atoms with Gasteiger partial charge >= 0.3 is 5.97 Å². The van der Waals surface area contributed by atoms with Crippen molar-refractivity contribution < 1.29 is 28.2 Å². The predicted molar refractivity (Wildman–Crippen MR) is 53.8 cm³/mol. The van der Waals surface area contributed by atoms with E-state index in [2.05, 4.69) is 4.74 Å². The zero-order valence-electron chi connectivity index (χ0n) is 9.27. The van der Waals surface area contributed by atoms with Crippen molar-refractivity contribution in [2.45, 2.75) is 19.3 Å². The third-order valence-corrected chi connectivity index (χ3v) is 2.60. The highest BCUT2D eigenvalue weighted by atomic mass is 19.3. The van der Waals surface area contributed by atoms with Crippen LogP contribution in [0.5, 0.6) is 0 Å². The van der Waals surface area contributed by atoms with Crippen LogP contribution in [0.15, 0.2) is 0 Å². The lowest BCUT2D eigenvalue weighted by atomic mass is 9.98. The van der Waals surface area contributed by atoms with Crippen LogP contribution in [0.4, 0.5) is 8.78 Å². The number of amides is 1. The molecule has 1 atom stereocenters. The van der Waals surface area contributed by atoms with Crippen LogP contribution in [-0.4, -0.2) is 54.6 Å². The number of nitrogens with zero attached hydrogens (tertiary/aromatic N) is 1. The normalized spacial score (nSPS) is 21.0. The highest BCUT2D eigenvalue weighted by molar-refractivity contribution is 5.80. The molecule has 1 amide bonds. The van der Waals surface area contributed by atoms with Gasteiger partial charge in [0.05, 0.1) is 12.5 Å². The minimum atomic E-state index is -2.53. The second kappa shape index (κ2) is 6.48. The third kappa shape index (κ3) is 4.64. The Hall–Kier alpha value is -1.24. The fourth-order valence-electron chi connectivity index (χ4n) is 1.68. The molecule has 7 heteroatoms. The van der Waals surface area contributed by atoms with Crippen LogP contribution in [0, 0.1) is 5.92 Å². The standard InChI is InChI=1S/C10H15F2NO4/c11-8(12)6-17-4-3-13-5-7(10(15)16)1-2-9(13)14/h7-8H,1-6H2,(H,15,16). The van der Waals surface area contributed by atoms with E-state index >= 15 is 0 Å². The molecule has 0 aromatic carbocycles. The number of carbonyl (C=O) groups is 2. The number of hydrogen-bond donors (Lipinski definition) is 1. The number of rotatable bonds is 6. The van der Waals surface area contributed by atoms with Gasteiger partial charge in [-0.1, -0.05) is 0 Å². The Morgan fingerprint density at radius 1 is 1.59 bits per heavy atom. The average molecular weight is 251 g/mol. The Balaban J connectivity index is 2.30. The lowest BCUT2D eigenvalue weighted by Gasteiger charge is -2.30. The van der Waals surface area contributed by atoms with Gasteiger partial charge in [-0.3, -0.25) is 9.59 Å². The Morgan fingerprint density at radius 2 is 2.29 bits per heavy atom. The van der Waals surface area contributed by atoms with Crippen molar-refractivity contribution in [1.29, 1.82) is 0 Å². The summed E-state index contributed by atoms with van der Waals surface area (Å²) in [4.78, 5) is 23.5. The molecule has 0 aliphatic carbocycles. The maximum atomic E-state index is 11.8. The smallest absolute Gasteiger partial charge is 0.308 e. The highest BCUT2D eigenvalue weighted by Gasteiger charge is 2.29. The molecule has 1 fully saturated rings. The van der Waals surface area contributed by atoms with Gasteiger partial charge in [0.2, 0.25) is 5.91 Å². The van der Waals surface area contributed by atoms with Crippen molar-refractivity contribution in [3.05, 3.63) is 0 Å². The Morgan fingerprint density at radius 3 is 2.88 bits per heavy atom. The molecule has 1 aliphatic rings. The van der Waals surface area contributed by atoms with Gasteiger partial charge in [0.25, 0.3) is 6.43 Å². The molecule has 1 rings (SSSR count). The van der Waals surface area contributed by atoms with Crippen LogP contribution < -0.4 is 0 Å². The first-order valence-electron chi connectivity index (χ1n) is 5.37. The largest absolute Gasteiger partial charge is 0.481 e. The summed E-state index contributed by atoms with van der Waals surface area (Å²) in [5, 5.41) is 8.82. The minimum Gasteiger partial charge on any atom is -0.481 e. The maximum Gasteiger partial charge on any atom is 0.308 e. The van der Waals surface area contributed by atoms with E-state index in [1.165, 1.54) is 4.90 Å². The molecule has 98 valence electrons. The van der Waals surface area contributed by atoms with Crippen LogP contribution in [0.3, 0.4) is 0 Å². The van der Waals surface area contributed by atoms with Crippen molar-refractivity contribution >= 4 is 11.9 Å². The SMILES string of the molecule is O=C(O)C1CCC(=O)N(CCOCC(F)F)C1. The molecule has 0 radical (unpaired) electrons. The molecule has 5 nitrogen and oxygen atoms in total. The summed E-state index contributed by atoms with van der Waals surface area (Å²) in [6, 6.07) is 0. The van der Waals surface area contributed by atoms with Gasteiger partial charge in [0.15, 0.2) is 0 Å². The third-order valence-electron chi connectivity index (χ3n) is 2.60. The molecule has 0 aromatic rings. The summed E-state index contributed by atoms with van der Waals surface area (Å²) in [6.07, 6.45) is -2.01. The summed E-state index contributed by atoms with van der Waals surface area (Å²) in [5.74, 6) is -1.65. The van der Waals surface area contributed by atoms with Crippen molar-refractivity contribution in [2.24, 2.45) is 5.92 Å². The quantitative estimate of drug-likeness (QED) is 0.702. The molecule has 1 N–H and O–H groups in total. The van der Waals surface area contributed by atoms with Crippen LogP contribution in [0.25, 0.3) is 0 Å². The van der Waals surface area contributed by atoms with Crippen LogP contribution in [0.2, 0.25) is 0 Å². The molecule has 0 bridgehead atoms. The second-order valence-corrected chi connectivity index (χ2v) is 3.88. The van der Waals surface area contributed by atoms with Crippen LogP contribution in [0.1, 0.15) is 12.8 Å². The molecule has 0 spiro atoms. The highest BCUT2D eigenvalue weighted by Crippen LogP contribution is 2.17. The monoisotopic (exact) mass is 251 g/mol. The lowest BCUT2D eigenvalue weighted by molar-refractivity contribution is -0.147. The van der Waals surface area contributed by atoms with Gasteiger partial charge in [0.1, 0.15) is 6.61 Å². The fraction of sp³-hybridized carbons (Fsp3) is 0.800. The zero-order chi connectivity index (χ0) is 12.8. The van der Waals surface area contributed by atoms with Crippen molar-refractivity contribution in [1.82, 2.24) is 4.90 Å². The number of alkyl halides is 2. The van der Waals surface area contributed by atoms with E-state index in [0.29, 0.717) is 6.42 Å². The van der Waals surface area contributed by atoms with Gasteiger partial charge in [-0.2, -0.15) is 0 Å². The number of ether oxygens (including phenoxy) is 1. The first kappa shape index (κ1) is 13.8. The van der Waals surface area contributed by atoms with Crippen molar-refractivity contribution in [3.63, 3.8) is 0 Å². The summed E-state index contributed by atoms with van der Waals surface area (Å²) in [6.45, 7) is -0.367. The molecule has 0 saturated carbocycles. The topological polar surface area (TPSA) is 66.8 Å². The number of hydrogen-bond acceptors (Lipinski definition) is 3. The molecule has 1 aliphatic heterocycles. The number of carboxylic acid groups (broad SMARTS) is 1. The number of aliphatic carboxylic acids is 1. The predicted octanol–water partition coefficient (Wildman–Crippen LogP) is 0.591. The maximum absolute atomic E-state index is 11.8. The number of likely N-dealkylation sites (tertiary alicyclic amines) is 1. The number of carbonyl (C=O) groups excluding carboxylic acids is 1. The lowest BCUT2D eigenvalue weighted by Crippen LogP contribution is -2.44. The molecular formula is C10H15F2NO4. The molecule has 17 heavy (non-hydrogen) atoms. The van der Waals surface area contributed by atoms with Gasteiger partial charge in [-0.05, 0) is 6.42 Å². The van der Waals surface area contributed by atoms with Crippen molar-refractivity contribution in [3.8, 4) is 0 Å². The van der Waals surface area contributed by atoms with Gasteiger partial charge < -0.3 is 14.7 Å². The van der Waals surface area contributed by atoms with E-state index in [0.717, 1.165) is 0 Å². The summed E-state index contributed by atoms with van der Waals surface area (Å²) in [5.41, 5.74) is 0. The summed E-state index contributed by atoms with van der Waals surface area (Å²) in [7, 11) is 0. The van der Waals surface area contributed by atoms with E-state index in [1.54, 1.807) is 0 Å². The minimum absolute atomic E-state index is 0.00240. The zero-order valence-corrected chi connectivity index (χ0v) is 9.27. The number of piperidine rings is 1. The number of carboxylic acids is 1. The van der Waals surface area contributed by atoms with E-state index in [4.69, 9.17) is 5.11 Å². The Labute approximate surface area is 97.3 Å². The molecule has 0 aromatic heterocycles. The molecular weight excluding hydrogens is 236 g/mol. The van der Waals surface area contributed by atoms with E-state index in [1.807, 2.05) is 0 Å². The Kier molecular flexibility index (Phi) is 5.27. The second-order valence-electron chi connectivity index (χ2n) is 3.88. The molecule has 1 saturated heterocycles. The summed E-state index contributed by atoms with van der Waals surface area (Å²) >= 11 is 0. The van der Waals surface area contributed by atoms with Crippen LogP contribution >= 0.6 is 0 Å². The first-order chi connectivity index (χ1) is 8.00. The van der Waals surface area contributed by atoms with E-state index in [9.17, 15) is 18.4 Å². The van der Waals surface area contributed by atoms with E-state index < -0.39 is 24.9 Å².